The highest BCUT2D eigenvalue weighted by Gasteiger charge is 2.19. The van der Waals surface area contributed by atoms with Crippen molar-refractivity contribution in [3.05, 3.63) is 65.9 Å². The number of H-pyrrole nitrogens is 1. The molecule has 1 amide bonds. The molecule has 9 nitrogen and oxygen atoms in total. The van der Waals surface area contributed by atoms with Gasteiger partial charge in [-0.05, 0) is 55.5 Å². The summed E-state index contributed by atoms with van der Waals surface area (Å²) in [6, 6.07) is 12.7. The third-order valence-corrected chi connectivity index (χ3v) is 6.87. The van der Waals surface area contributed by atoms with Crippen LogP contribution < -0.4 is 10.0 Å². The van der Waals surface area contributed by atoms with Crippen LogP contribution in [0.1, 0.15) is 6.92 Å². The number of halogens is 1. The van der Waals surface area contributed by atoms with Gasteiger partial charge in [-0.15, -0.1) is 0 Å². The predicted octanol–water partition coefficient (Wildman–Crippen LogP) is 3.93. The van der Waals surface area contributed by atoms with Gasteiger partial charge in [0.25, 0.3) is 10.0 Å². The average molecular weight is 489 g/mol. The third kappa shape index (κ3) is 5.18. The van der Waals surface area contributed by atoms with Gasteiger partial charge in [-0.2, -0.15) is 0 Å². The molecule has 0 radical (unpaired) electrons. The zero-order valence-corrected chi connectivity index (χ0v) is 19.0. The number of carbonyl (C=O) groups excluding carboxylic acids is 1. The summed E-state index contributed by atoms with van der Waals surface area (Å²) in [5.41, 5.74) is 2.02. The van der Waals surface area contributed by atoms with Gasteiger partial charge in [0, 0.05) is 23.1 Å². The second kappa shape index (κ2) is 9.15. The van der Waals surface area contributed by atoms with Crippen molar-refractivity contribution in [1.29, 1.82) is 0 Å². The molecule has 3 N–H and O–H groups in total. The fourth-order valence-electron chi connectivity index (χ4n) is 2.73. The second-order valence-electron chi connectivity index (χ2n) is 6.66. The maximum Gasteiger partial charge on any atom is 0.264 e. The summed E-state index contributed by atoms with van der Waals surface area (Å²) < 4.78 is 27.2. The number of imidazole rings is 1. The highest BCUT2D eigenvalue weighted by atomic mass is 35.5. The normalized spacial score (nSPS) is 12.4. The fraction of sp³-hybridized carbons (Fsp3) is 0.100. The van der Waals surface area contributed by atoms with Crippen LogP contribution in [-0.4, -0.2) is 39.5 Å². The lowest BCUT2D eigenvalue weighted by Gasteiger charge is -2.11. The number of aromatic amines is 1. The number of rotatable bonds is 7. The van der Waals surface area contributed by atoms with Crippen LogP contribution in [0.4, 0.5) is 11.6 Å². The maximum atomic E-state index is 12.6. The van der Waals surface area contributed by atoms with E-state index in [1.165, 1.54) is 48.4 Å². The number of anilines is 2. The van der Waals surface area contributed by atoms with E-state index in [2.05, 4.69) is 30.0 Å². The molecule has 0 spiro atoms. The van der Waals surface area contributed by atoms with Crippen LogP contribution in [0.25, 0.3) is 11.0 Å². The minimum Gasteiger partial charge on any atom is -0.333 e. The minimum absolute atomic E-state index is 0.0197. The first-order valence-electron chi connectivity index (χ1n) is 9.33. The lowest BCUT2D eigenvalue weighted by molar-refractivity contribution is -0.115. The molecule has 0 bridgehead atoms. The molecule has 0 aliphatic heterocycles. The highest BCUT2D eigenvalue weighted by molar-refractivity contribution is 8.00. The van der Waals surface area contributed by atoms with E-state index in [9.17, 15) is 13.2 Å². The molecule has 0 aliphatic carbocycles. The van der Waals surface area contributed by atoms with Gasteiger partial charge in [0.2, 0.25) is 11.9 Å². The van der Waals surface area contributed by atoms with Crippen LogP contribution in [-0.2, 0) is 14.8 Å². The molecule has 4 rings (SSSR count). The number of nitrogens with zero attached hydrogens (tertiary/aromatic N) is 3. The van der Waals surface area contributed by atoms with Crippen molar-refractivity contribution in [2.75, 3.05) is 10.0 Å². The molecule has 32 heavy (non-hydrogen) atoms. The van der Waals surface area contributed by atoms with Gasteiger partial charge in [-0.1, -0.05) is 23.4 Å². The van der Waals surface area contributed by atoms with Crippen LogP contribution in [0.15, 0.2) is 71.0 Å². The molecule has 1 atom stereocenters. The highest BCUT2D eigenvalue weighted by Crippen LogP contribution is 2.26. The summed E-state index contributed by atoms with van der Waals surface area (Å²) in [4.78, 5) is 27.8. The smallest absolute Gasteiger partial charge is 0.264 e. The van der Waals surface area contributed by atoms with Crippen LogP contribution in [0.2, 0.25) is 5.02 Å². The van der Waals surface area contributed by atoms with Crippen molar-refractivity contribution in [1.82, 2.24) is 19.9 Å². The van der Waals surface area contributed by atoms with Crippen molar-refractivity contribution >= 4 is 62.0 Å². The molecule has 0 fully saturated rings. The van der Waals surface area contributed by atoms with Gasteiger partial charge >= 0.3 is 0 Å². The lowest BCUT2D eigenvalue weighted by Crippen LogP contribution is -2.22. The molecule has 2 heterocycles. The molecule has 0 saturated heterocycles. The Morgan fingerprint density at radius 2 is 1.84 bits per heavy atom. The Bertz CT molecular complexity index is 1360. The lowest BCUT2D eigenvalue weighted by atomic mass is 10.3. The molecular weight excluding hydrogens is 472 g/mol. The summed E-state index contributed by atoms with van der Waals surface area (Å²) in [6.07, 6.45) is 2.87. The Kier molecular flexibility index (Phi) is 6.31. The van der Waals surface area contributed by atoms with E-state index in [0.29, 0.717) is 15.9 Å². The zero-order valence-electron chi connectivity index (χ0n) is 16.6. The fourth-order valence-corrected chi connectivity index (χ4v) is 4.68. The van der Waals surface area contributed by atoms with E-state index in [1.54, 1.807) is 31.2 Å². The van der Waals surface area contributed by atoms with Gasteiger partial charge in [0.1, 0.15) is 0 Å². The monoisotopic (exact) mass is 488 g/mol. The summed E-state index contributed by atoms with van der Waals surface area (Å²) in [5, 5.41) is 3.51. The van der Waals surface area contributed by atoms with Gasteiger partial charge in [0.15, 0.2) is 5.16 Å². The standard InChI is InChI=1S/C20H17ClN6O3S2/c1-12(31-20-25-16-8-3-13(21)11-17(16)26-20)18(28)24-14-4-6-15(7-5-14)32(29,30)27-19-22-9-2-10-23-19/h2-12H,1H3,(H,24,28)(H,25,26)(H,22,23,27)/t12-/m1/s1. The van der Waals surface area contributed by atoms with Crippen molar-refractivity contribution in [3.63, 3.8) is 0 Å². The molecular formula is C20H17ClN6O3S2. The van der Waals surface area contributed by atoms with Crippen molar-refractivity contribution in [2.45, 2.75) is 22.2 Å². The minimum atomic E-state index is -3.85. The Morgan fingerprint density at radius 1 is 1.12 bits per heavy atom. The molecule has 12 heteroatoms. The van der Waals surface area contributed by atoms with E-state index in [4.69, 9.17) is 11.6 Å². The average Bonchev–Trinajstić information content (AvgIpc) is 3.15. The zero-order chi connectivity index (χ0) is 22.7. The Morgan fingerprint density at radius 3 is 2.56 bits per heavy atom. The SMILES string of the molecule is C[C@@H](Sc1nc2ccc(Cl)cc2[nH]1)C(=O)Nc1ccc(S(=O)(=O)Nc2ncccn2)cc1. The molecule has 0 aliphatic rings. The summed E-state index contributed by atoms with van der Waals surface area (Å²) in [6.45, 7) is 1.75. The number of sulfonamides is 1. The molecule has 164 valence electrons. The topological polar surface area (TPSA) is 130 Å². The van der Waals surface area contributed by atoms with Gasteiger partial charge < -0.3 is 10.3 Å². The van der Waals surface area contributed by atoms with Crippen LogP contribution in [0, 0.1) is 0 Å². The van der Waals surface area contributed by atoms with E-state index >= 15 is 0 Å². The van der Waals surface area contributed by atoms with Crippen LogP contribution >= 0.6 is 23.4 Å². The summed E-state index contributed by atoms with van der Waals surface area (Å²) >= 11 is 7.26. The number of aromatic nitrogens is 4. The largest absolute Gasteiger partial charge is 0.333 e. The summed E-state index contributed by atoms with van der Waals surface area (Å²) in [7, 11) is -3.85. The number of nitrogens with one attached hydrogen (secondary N) is 3. The molecule has 4 aromatic rings. The number of fused-ring (bicyclic) bond motifs is 1. The molecule has 2 aromatic heterocycles. The first-order chi connectivity index (χ1) is 15.3. The van der Waals surface area contributed by atoms with Gasteiger partial charge in [-0.25, -0.2) is 28.1 Å². The van der Waals surface area contributed by atoms with E-state index in [0.717, 1.165) is 11.0 Å². The van der Waals surface area contributed by atoms with Crippen LogP contribution in [0.5, 0.6) is 0 Å². The third-order valence-electron chi connectivity index (χ3n) is 4.30. The van der Waals surface area contributed by atoms with Crippen molar-refractivity contribution < 1.29 is 13.2 Å². The van der Waals surface area contributed by atoms with Crippen molar-refractivity contribution in [3.8, 4) is 0 Å². The van der Waals surface area contributed by atoms with E-state index in [-0.39, 0.29) is 16.8 Å². The number of hydrogen-bond donors (Lipinski definition) is 3. The van der Waals surface area contributed by atoms with Gasteiger partial charge in [0.05, 0.1) is 21.2 Å². The van der Waals surface area contributed by atoms with E-state index in [1.807, 2.05) is 0 Å². The van der Waals surface area contributed by atoms with Crippen molar-refractivity contribution in [2.24, 2.45) is 0 Å². The number of benzene rings is 2. The Balaban J connectivity index is 1.39. The quantitative estimate of drug-likeness (QED) is 0.336. The number of thioether (sulfide) groups is 1. The van der Waals surface area contributed by atoms with Crippen LogP contribution in [0.3, 0.4) is 0 Å². The number of carbonyl (C=O) groups is 1. The molecule has 0 unspecified atom stereocenters. The first-order valence-corrected chi connectivity index (χ1v) is 12.1. The number of hydrogen-bond acceptors (Lipinski definition) is 7. The van der Waals surface area contributed by atoms with E-state index < -0.39 is 15.3 Å². The second-order valence-corrected chi connectivity index (χ2v) is 10.1. The summed E-state index contributed by atoms with van der Waals surface area (Å²) in [5.74, 6) is -0.275. The predicted molar refractivity (Wildman–Crippen MR) is 124 cm³/mol. The number of amides is 1. The first kappa shape index (κ1) is 22.1. The molecule has 2 aromatic carbocycles. The van der Waals surface area contributed by atoms with Gasteiger partial charge in [-0.3, -0.25) is 4.79 Å². The Labute approximate surface area is 193 Å². The Hall–Kier alpha value is -3.15. The maximum absolute atomic E-state index is 12.6. The molecule has 0 saturated carbocycles.